The van der Waals surface area contributed by atoms with Gasteiger partial charge in [-0.15, -0.1) is 0 Å². The van der Waals surface area contributed by atoms with Crippen LogP contribution >= 0.6 is 0 Å². The van der Waals surface area contributed by atoms with Gasteiger partial charge in [-0.3, -0.25) is 0 Å². The number of ether oxygens (including phenoxy) is 1. The van der Waals surface area contributed by atoms with Crippen LogP contribution in [0.4, 0.5) is 5.95 Å². The first-order chi connectivity index (χ1) is 8.69. The van der Waals surface area contributed by atoms with Crippen LogP contribution < -0.4 is 10.6 Å². The number of nitrogens with zero attached hydrogens (tertiary/aromatic N) is 3. The van der Waals surface area contributed by atoms with Crippen LogP contribution in [0.1, 0.15) is 25.8 Å². The van der Waals surface area contributed by atoms with Crippen LogP contribution in [0.2, 0.25) is 0 Å². The first-order valence-corrected chi connectivity index (χ1v) is 6.62. The largest absolute Gasteiger partial charge is 0.375 e. The molecule has 2 rings (SSSR count). The lowest BCUT2D eigenvalue weighted by molar-refractivity contribution is 0.0526. The van der Waals surface area contributed by atoms with Gasteiger partial charge in [-0.05, 0) is 25.3 Å². The second-order valence-corrected chi connectivity index (χ2v) is 4.89. The SMILES string of the molecule is CCC(N)Cc1cnc(N2CCOC(C)C2)nc1. The number of aromatic nitrogens is 2. The molecule has 2 unspecified atom stereocenters. The fourth-order valence-electron chi connectivity index (χ4n) is 2.06. The highest BCUT2D eigenvalue weighted by atomic mass is 16.5. The molecule has 0 spiro atoms. The molecular formula is C13H22N4O. The van der Waals surface area contributed by atoms with Gasteiger partial charge in [0.15, 0.2) is 0 Å². The van der Waals surface area contributed by atoms with Crippen molar-refractivity contribution < 1.29 is 4.74 Å². The van der Waals surface area contributed by atoms with Crippen molar-refractivity contribution >= 4 is 5.95 Å². The Bertz CT molecular complexity index is 368. The van der Waals surface area contributed by atoms with Gasteiger partial charge in [0.05, 0.1) is 12.7 Å². The minimum absolute atomic E-state index is 0.197. The Kier molecular flexibility index (Phi) is 4.49. The van der Waals surface area contributed by atoms with E-state index in [4.69, 9.17) is 10.5 Å². The van der Waals surface area contributed by atoms with Crippen molar-refractivity contribution in [1.82, 2.24) is 9.97 Å². The summed E-state index contributed by atoms with van der Waals surface area (Å²) in [5.74, 6) is 0.791. The molecule has 5 nitrogen and oxygen atoms in total. The van der Waals surface area contributed by atoms with Crippen LogP contribution in [-0.2, 0) is 11.2 Å². The van der Waals surface area contributed by atoms with E-state index in [1.54, 1.807) is 0 Å². The minimum atomic E-state index is 0.197. The first kappa shape index (κ1) is 13.2. The average molecular weight is 250 g/mol. The van der Waals surface area contributed by atoms with E-state index in [9.17, 15) is 0 Å². The molecule has 0 amide bonds. The quantitative estimate of drug-likeness (QED) is 0.863. The van der Waals surface area contributed by atoms with Gasteiger partial charge >= 0.3 is 0 Å². The maximum absolute atomic E-state index is 5.92. The lowest BCUT2D eigenvalue weighted by Gasteiger charge is -2.31. The van der Waals surface area contributed by atoms with Crippen LogP contribution in [0.5, 0.6) is 0 Å². The van der Waals surface area contributed by atoms with Crippen LogP contribution in [0.3, 0.4) is 0 Å². The fourth-order valence-corrected chi connectivity index (χ4v) is 2.06. The fraction of sp³-hybridized carbons (Fsp3) is 0.692. The predicted molar refractivity (Wildman–Crippen MR) is 71.6 cm³/mol. The molecule has 0 aromatic carbocycles. The molecule has 1 aliphatic heterocycles. The second-order valence-electron chi connectivity index (χ2n) is 4.89. The van der Waals surface area contributed by atoms with E-state index in [1.807, 2.05) is 12.4 Å². The monoisotopic (exact) mass is 250 g/mol. The smallest absolute Gasteiger partial charge is 0.225 e. The van der Waals surface area contributed by atoms with Gasteiger partial charge in [-0.1, -0.05) is 6.92 Å². The van der Waals surface area contributed by atoms with Crippen molar-refractivity contribution in [2.75, 3.05) is 24.6 Å². The third kappa shape index (κ3) is 3.40. The zero-order chi connectivity index (χ0) is 13.0. The highest BCUT2D eigenvalue weighted by Crippen LogP contribution is 2.13. The summed E-state index contributed by atoms with van der Waals surface area (Å²) in [5, 5.41) is 0. The van der Waals surface area contributed by atoms with Crippen molar-refractivity contribution in [3.05, 3.63) is 18.0 Å². The third-order valence-electron chi connectivity index (χ3n) is 3.24. The molecule has 1 saturated heterocycles. The highest BCUT2D eigenvalue weighted by Gasteiger charge is 2.18. The summed E-state index contributed by atoms with van der Waals surface area (Å²) in [6, 6.07) is 0.197. The Morgan fingerprint density at radius 1 is 1.50 bits per heavy atom. The van der Waals surface area contributed by atoms with Gasteiger partial charge in [0.25, 0.3) is 0 Å². The molecule has 2 atom stereocenters. The van der Waals surface area contributed by atoms with Gasteiger partial charge in [0.2, 0.25) is 5.95 Å². The number of hydrogen-bond donors (Lipinski definition) is 1. The van der Waals surface area contributed by atoms with E-state index >= 15 is 0 Å². The Hall–Kier alpha value is -1.20. The molecule has 2 heterocycles. The molecule has 0 bridgehead atoms. The van der Waals surface area contributed by atoms with Crippen LogP contribution in [0, 0.1) is 0 Å². The normalized spacial score (nSPS) is 21.9. The maximum Gasteiger partial charge on any atom is 0.225 e. The molecule has 18 heavy (non-hydrogen) atoms. The Balaban J connectivity index is 1.98. The molecule has 1 aromatic rings. The molecule has 2 N–H and O–H groups in total. The number of hydrogen-bond acceptors (Lipinski definition) is 5. The average Bonchev–Trinajstić information content (AvgIpc) is 2.39. The Morgan fingerprint density at radius 3 is 2.83 bits per heavy atom. The van der Waals surface area contributed by atoms with E-state index in [0.717, 1.165) is 44.0 Å². The predicted octanol–water partition coefficient (Wildman–Crippen LogP) is 0.981. The van der Waals surface area contributed by atoms with Crippen molar-refractivity contribution in [2.24, 2.45) is 5.73 Å². The van der Waals surface area contributed by atoms with E-state index in [1.165, 1.54) is 0 Å². The zero-order valence-electron chi connectivity index (χ0n) is 11.2. The summed E-state index contributed by atoms with van der Waals surface area (Å²) in [5.41, 5.74) is 7.03. The number of nitrogens with two attached hydrogens (primary N) is 1. The van der Waals surface area contributed by atoms with E-state index in [0.29, 0.717) is 0 Å². The summed E-state index contributed by atoms with van der Waals surface area (Å²) in [6.07, 6.45) is 5.84. The van der Waals surface area contributed by atoms with Crippen LogP contribution in [0.15, 0.2) is 12.4 Å². The maximum atomic E-state index is 5.92. The second kappa shape index (κ2) is 6.11. The molecule has 100 valence electrons. The van der Waals surface area contributed by atoms with Crippen molar-refractivity contribution in [3.63, 3.8) is 0 Å². The highest BCUT2D eigenvalue weighted by molar-refractivity contribution is 5.30. The third-order valence-corrected chi connectivity index (χ3v) is 3.24. The summed E-state index contributed by atoms with van der Waals surface area (Å²) in [7, 11) is 0. The van der Waals surface area contributed by atoms with Gasteiger partial charge in [-0.25, -0.2) is 9.97 Å². The van der Waals surface area contributed by atoms with Crippen LogP contribution in [-0.4, -0.2) is 41.8 Å². The van der Waals surface area contributed by atoms with Gasteiger partial charge in [0, 0.05) is 31.5 Å². The summed E-state index contributed by atoms with van der Waals surface area (Å²) in [6.45, 7) is 6.62. The van der Waals surface area contributed by atoms with Gasteiger partial charge < -0.3 is 15.4 Å². The van der Waals surface area contributed by atoms with Crippen molar-refractivity contribution in [3.8, 4) is 0 Å². The van der Waals surface area contributed by atoms with Crippen molar-refractivity contribution in [1.29, 1.82) is 0 Å². The molecular weight excluding hydrogens is 228 g/mol. The number of morpholine rings is 1. The van der Waals surface area contributed by atoms with Crippen molar-refractivity contribution in [2.45, 2.75) is 38.8 Å². The molecule has 0 saturated carbocycles. The standard InChI is InChI=1S/C13H22N4O/c1-3-12(14)6-11-7-15-13(16-8-11)17-4-5-18-10(2)9-17/h7-8,10,12H,3-6,9,14H2,1-2H3. The molecule has 1 aliphatic rings. The summed E-state index contributed by atoms with van der Waals surface area (Å²) in [4.78, 5) is 11.0. The van der Waals surface area contributed by atoms with Gasteiger partial charge in [0.1, 0.15) is 0 Å². The number of anilines is 1. The van der Waals surface area contributed by atoms with Crippen LogP contribution in [0.25, 0.3) is 0 Å². The van der Waals surface area contributed by atoms with E-state index in [2.05, 4.69) is 28.7 Å². The molecule has 1 aromatic heterocycles. The summed E-state index contributed by atoms with van der Waals surface area (Å²) < 4.78 is 5.51. The molecule has 5 heteroatoms. The topological polar surface area (TPSA) is 64.3 Å². The Morgan fingerprint density at radius 2 is 2.22 bits per heavy atom. The zero-order valence-corrected chi connectivity index (χ0v) is 11.2. The summed E-state index contributed by atoms with van der Waals surface area (Å²) >= 11 is 0. The first-order valence-electron chi connectivity index (χ1n) is 6.62. The minimum Gasteiger partial charge on any atom is -0.375 e. The Labute approximate surface area is 108 Å². The lowest BCUT2D eigenvalue weighted by Crippen LogP contribution is -2.42. The van der Waals surface area contributed by atoms with E-state index in [-0.39, 0.29) is 12.1 Å². The van der Waals surface area contributed by atoms with Gasteiger partial charge in [-0.2, -0.15) is 0 Å². The number of rotatable bonds is 4. The molecule has 0 radical (unpaired) electrons. The molecule has 0 aliphatic carbocycles. The van der Waals surface area contributed by atoms with E-state index < -0.39 is 0 Å². The molecule has 1 fully saturated rings. The lowest BCUT2D eigenvalue weighted by atomic mass is 10.1.